The van der Waals surface area contributed by atoms with Crippen molar-refractivity contribution in [3.8, 4) is 11.5 Å². The minimum absolute atomic E-state index is 0. The van der Waals surface area contributed by atoms with Crippen LogP contribution in [0.2, 0.25) is 0 Å². The average Bonchev–Trinajstić information content (AvgIpc) is 2.67. The van der Waals surface area contributed by atoms with Crippen molar-refractivity contribution in [2.24, 2.45) is 0 Å². The average molecular weight is 768 g/mol. The molecule has 0 radical (unpaired) electrons. The molecule has 33 heavy (non-hydrogen) atoms. The van der Waals surface area contributed by atoms with Crippen LogP contribution in [0.1, 0.15) is 0 Å². The first kappa shape index (κ1) is 32.7. The molecule has 2 aromatic rings. The zero-order valence-corrected chi connectivity index (χ0v) is 23.8. The summed E-state index contributed by atoms with van der Waals surface area (Å²) in [6.45, 7) is 0. The van der Waals surface area contributed by atoms with Crippen LogP contribution in [0, 0.1) is 31.1 Å². The number of para-hydroxylation sites is 2. The Bertz CT molecular complexity index is 971. The van der Waals surface area contributed by atoms with Gasteiger partial charge in [-0.05, 0) is 39.5 Å². The molecule has 0 aliphatic heterocycles. The van der Waals surface area contributed by atoms with E-state index in [0.29, 0.717) is 0 Å². The largest absolute Gasteiger partial charge is 6.00 e. The molecule has 19 heteroatoms. The van der Waals surface area contributed by atoms with Crippen LogP contribution in [-0.4, -0.2) is 21.4 Å². The first-order valence-electron chi connectivity index (χ1n) is 7.97. The van der Waals surface area contributed by atoms with E-state index in [4.69, 9.17) is 10.2 Å². The standard InChI is InChI=1S/2C7H10O7P2.U/c2*8-7(15(9,10)11)16(12,13)14-6-4-2-1-3-5-6;/h2*1-5,7-8H,(H,12,13)(H2,9,10,11);/q;;+6/p-6. The van der Waals surface area contributed by atoms with Crippen LogP contribution in [0.25, 0.3) is 0 Å². The van der Waals surface area contributed by atoms with Crippen molar-refractivity contribution in [1.29, 1.82) is 0 Å². The van der Waals surface area contributed by atoms with Gasteiger partial charge in [0.05, 0.1) is 0 Å². The summed E-state index contributed by atoms with van der Waals surface area (Å²) in [5.74, 6) is -0.373. The molecule has 0 aliphatic rings. The van der Waals surface area contributed by atoms with E-state index < -0.39 is 41.6 Å². The Morgan fingerprint density at radius 3 is 1.03 bits per heavy atom. The second kappa shape index (κ2) is 13.1. The summed E-state index contributed by atoms with van der Waals surface area (Å²) in [6, 6.07) is 13.8. The molecule has 4 atom stereocenters. The molecule has 0 fully saturated rings. The summed E-state index contributed by atoms with van der Waals surface area (Å²) in [5, 5.41) is 17.6. The molecule has 0 amide bonds. The van der Waals surface area contributed by atoms with E-state index in [1.807, 2.05) is 0 Å². The summed E-state index contributed by atoms with van der Waals surface area (Å²) in [6.07, 6.45) is 0. The van der Waals surface area contributed by atoms with E-state index >= 15 is 0 Å². The van der Waals surface area contributed by atoms with Gasteiger partial charge in [0.2, 0.25) is 15.2 Å². The fourth-order valence-electron chi connectivity index (χ4n) is 1.70. The topological polar surface area (TPSA) is 266 Å². The summed E-state index contributed by atoms with van der Waals surface area (Å²) in [7, 11) is -21.7. The van der Waals surface area contributed by atoms with Crippen molar-refractivity contribution in [3.63, 3.8) is 0 Å². The third kappa shape index (κ3) is 11.3. The van der Waals surface area contributed by atoms with Gasteiger partial charge in [0.25, 0.3) is 0 Å². The second-order valence-corrected chi connectivity index (χ2v) is 13.1. The van der Waals surface area contributed by atoms with Gasteiger partial charge < -0.3 is 57.8 Å². The molecule has 2 rings (SSSR count). The van der Waals surface area contributed by atoms with Crippen LogP contribution >= 0.6 is 30.4 Å². The minimum atomic E-state index is -5.66. The second-order valence-electron chi connectivity index (χ2n) is 5.66. The van der Waals surface area contributed by atoms with Gasteiger partial charge in [0, 0.05) is 0 Å². The van der Waals surface area contributed by atoms with Crippen LogP contribution in [0.15, 0.2) is 60.7 Å². The van der Waals surface area contributed by atoms with Gasteiger partial charge in [0.15, 0.2) is 11.2 Å². The minimum Gasteiger partial charge on any atom is -0.809 e. The summed E-state index contributed by atoms with van der Waals surface area (Å²) < 4.78 is 51.5. The molecule has 0 saturated heterocycles. The third-order valence-corrected chi connectivity index (χ3v) is 9.67. The molecular weight excluding hydrogens is 754 g/mol. The van der Waals surface area contributed by atoms with Crippen molar-refractivity contribution in [2.45, 2.75) is 11.2 Å². The van der Waals surface area contributed by atoms with E-state index in [2.05, 4.69) is 9.05 Å². The van der Waals surface area contributed by atoms with Crippen molar-refractivity contribution in [2.75, 3.05) is 0 Å². The molecule has 4 unspecified atom stereocenters. The van der Waals surface area contributed by atoms with Crippen LogP contribution in [0.5, 0.6) is 11.5 Å². The Morgan fingerprint density at radius 2 is 0.818 bits per heavy atom. The Morgan fingerprint density at radius 1 is 0.576 bits per heavy atom. The van der Waals surface area contributed by atoms with Crippen molar-refractivity contribution in [3.05, 3.63) is 60.7 Å². The molecule has 0 bridgehead atoms. The van der Waals surface area contributed by atoms with E-state index in [1.165, 1.54) is 48.5 Å². The monoisotopic (exact) mass is 768 g/mol. The fraction of sp³-hybridized carbons (Fsp3) is 0.143. The van der Waals surface area contributed by atoms with Crippen LogP contribution in [0.3, 0.4) is 0 Å². The molecular formula is C14H14O14P4U. The number of hydrogen-bond acceptors (Lipinski definition) is 14. The first-order valence-corrected chi connectivity index (χ1v) is 14.4. The third-order valence-electron chi connectivity index (χ3n) is 3.08. The molecule has 0 aliphatic carbocycles. The Balaban J connectivity index is 0.000000602. The molecule has 2 aromatic carbocycles. The molecule has 178 valence electrons. The number of aliphatic hydroxyl groups excluding tert-OH is 2. The normalized spacial score (nSPS) is 17.0. The van der Waals surface area contributed by atoms with Crippen molar-refractivity contribution in [1.82, 2.24) is 0 Å². The number of rotatable bonds is 8. The first-order chi connectivity index (χ1) is 14.5. The van der Waals surface area contributed by atoms with E-state index in [1.54, 1.807) is 12.1 Å². The van der Waals surface area contributed by atoms with Gasteiger partial charge in [-0.15, -0.1) is 0 Å². The SMILES string of the molecule is O=P([O-])([O-])C(O)P(=O)([O-])Oc1ccccc1.O=P([O-])([O-])C(O)P(=O)([O-])Oc1ccccc1.[U+6]. The zero-order valence-electron chi connectivity index (χ0n) is 16.0. The van der Waals surface area contributed by atoms with Crippen LogP contribution in [0.4, 0.5) is 0 Å². The predicted octanol–water partition coefficient (Wildman–Crippen LogP) is -2.38. The summed E-state index contributed by atoms with van der Waals surface area (Å²) >= 11 is 0. The van der Waals surface area contributed by atoms with Crippen LogP contribution < -0.4 is 38.4 Å². The molecule has 14 nitrogen and oxygen atoms in total. The van der Waals surface area contributed by atoms with Gasteiger partial charge in [-0.1, -0.05) is 36.4 Å². The molecule has 2 N–H and O–H groups in total. The fourth-order valence-corrected chi connectivity index (χ4v) is 5.77. The van der Waals surface area contributed by atoms with Crippen LogP contribution in [-0.2, 0) is 18.3 Å². The molecule has 0 heterocycles. The molecule has 0 aromatic heterocycles. The molecule has 0 saturated carbocycles. The maximum atomic E-state index is 11.1. The smallest absolute Gasteiger partial charge is 0.809 e. The Kier molecular flexibility index (Phi) is 13.0. The van der Waals surface area contributed by atoms with Gasteiger partial charge in [-0.3, -0.25) is 9.13 Å². The number of aliphatic hydroxyl groups is 2. The molecule has 0 spiro atoms. The summed E-state index contributed by atoms with van der Waals surface area (Å²) in [5.41, 5.74) is -6.17. The van der Waals surface area contributed by atoms with Gasteiger partial charge in [0.1, 0.15) is 11.5 Å². The van der Waals surface area contributed by atoms with E-state index in [0.717, 1.165) is 0 Å². The number of benzene rings is 2. The van der Waals surface area contributed by atoms with Gasteiger partial charge >= 0.3 is 31.1 Å². The van der Waals surface area contributed by atoms with Gasteiger partial charge in [-0.2, -0.15) is 0 Å². The number of hydrogen-bond donors (Lipinski definition) is 2. The van der Waals surface area contributed by atoms with E-state index in [-0.39, 0.29) is 42.6 Å². The quantitative estimate of drug-likeness (QED) is 0.266. The maximum Gasteiger partial charge on any atom is 6.00 e. The van der Waals surface area contributed by atoms with E-state index in [9.17, 15) is 47.6 Å². The Labute approximate surface area is 211 Å². The maximum absolute atomic E-state index is 11.1. The Hall–Kier alpha value is -0.308. The summed E-state index contributed by atoms with van der Waals surface area (Å²) in [4.78, 5) is 63.6. The van der Waals surface area contributed by atoms with Crippen molar-refractivity contribution >= 4 is 30.4 Å². The van der Waals surface area contributed by atoms with Gasteiger partial charge in [-0.25, -0.2) is 0 Å². The van der Waals surface area contributed by atoms with Crippen molar-refractivity contribution < 1.29 is 98.0 Å². The zero-order chi connectivity index (χ0) is 24.8. The predicted molar refractivity (Wildman–Crippen MR) is 96.6 cm³/mol.